The first-order valence-electron chi connectivity index (χ1n) is 5.36. The van der Waals surface area contributed by atoms with Gasteiger partial charge in [-0.15, -0.1) is 0 Å². The van der Waals surface area contributed by atoms with E-state index in [1.54, 1.807) is 24.3 Å². The number of carbonyl (C=O) groups is 1. The van der Waals surface area contributed by atoms with Crippen molar-refractivity contribution in [2.75, 3.05) is 5.32 Å². The first-order valence-corrected chi connectivity index (χ1v) is 5.36. The van der Waals surface area contributed by atoms with Gasteiger partial charge in [0, 0.05) is 6.04 Å². The molecule has 82 valence electrons. The lowest BCUT2D eigenvalue weighted by atomic mass is 9.93. The molecule has 0 saturated heterocycles. The quantitative estimate of drug-likeness (QED) is 0.794. The fourth-order valence-corrected chi connectivity index (χ4v) is 1.59. The van der Waals surface area contributed by atoms with E-state index in [-0.39, 0.29) is 6.03 Å². The zero-order valence-electron chi connectivity index (χ0n) is 8.86. The van der Waals surface area contributed by atoms with Gasteiger partial charge in [-0.05, 0) is 31.4 Å². The highest BCUT2D eigenvalue weighted by molar-refractivity contribution is 5.90. The van der Waals surface area contributed by atoms with Crippen LogP contribution in [0.3, 0.4) is 0 Å². The van der Waals surface area contributed by atoms with Crippen LogP contribution < -0.4 is 10.6 Å². The van der Waals surface area contributed by atoms with E-state index in [1.807, 2.05) is 6.07 Å². The minimum Gasteiger partial charge on any atom is -0.335 e. The van der Waals surface area contributed by atoms with Crippen LogP contribution in [0.2, 0.25) is 0 Å². The SMILES string of the molecule is N#Cc1ccccc1NC(=O)NC1CCC1. The first-order chi connectivity index (χ1) is 7.79. The molecule has 0 spiro atoms. The second-order valence-corrected chi connectivity index (χ2v) is 3.88. The summed E-state index contributed by atoms with van der Waals surface area (Å²) in [6.07, 6.45) is 3.28. The van der Waals surface area contributed by atoms with Crippen LogP contribution >= 0.6 is 0 Å². The highest BCUT2D eigenvalue weighted by Crippen LogP contribution is 2.18. The monoisotopic (exact) mass is 215 g/mol. The lowest BCUT2D eigenvalue weighted by Gasteiger charge is -2.26. The lowest BCUT2D eigenvalue weighted by molar-refractivity contribution is 0.240. The summed E-state index contributed by atoms with van der Waals surface area (Å²) < 4.78 is 0. The summed E-state index contributed by atoms with van der Waals surface area (Å²) in [5.74, 6) is 0. The van der Waals surface area contributed by atoms with Crippen LogP contribution in [-0.2, 0) is 0 Å². The lowest BCUT2D eigenvalue weighted by Crippen LogP contribution is -2.41. The number of carbonyl (C=O) groups excluding carboxylic acids is 1. The maximum atomic E-state index is 11.6. The van der Waals surface area contributed by atoms with Crippen LogP contribution in [0.4, 0.5) is 10.5 Å². The van der Waals surface area contributed by atoms with E-state index in [4.69, 9.17) is 5.26 Å². The van der Waals surface area contributed by atoms with Gasteiger partial charge in [-0.2, -0.15) is 5.26 Å². The van der Waals surface area contributed by atoms with E-state index in [1.165, 1.54) is 6.42 Å². The fourth-order valence-electron chi connectivity index (χ4n) is 1.59. The Hall–Kier alpha value is -2.02. The molecular formula is C12H13N3O. The predicted octanol–water partition coefficient (Wildman–Crippen LogP) is 2.23. The molecule has 4 heteroatoms. The average Bonchev–Trinajstić information content (AvgIpc) is 2.24. The minimum absolute atomic E-state index is 0.229. The highest BCUT2D eigenvalue weighted by atomic mass is 16.2. The van der Waals surface area contributed by atoms with Gasteiger partial charge in [0.2, 0.25) is 0 Å². The molecule has 1 aromatic rings. The van der Waals surface area contributed by atoms with E-state index in [0.29, 0.717) is 17.3 Å². The van der Waals surface area contributed by atoms with Crippen molar-refractivity contribution in [1.82, 2.24) is 5.32 Å². The molecular weight excluding hydrogens is 202 g/mol. The molecule has 1 aliphatic carbocycles. The molecule has 0 aliphatic heterocycles. The fraction of sp³-hybridized carbons (Fsp3) is 0.333. The molecule has 0 bridgehead atoms. The number of hydrogen-bond donors (Lipinski definition) is 2. The Balaban J connectivity index is 1.97. The van der Waals surface area contributed by atoms with Gasteiger partial charge in [0.25, 0.3) is 0 Å². The number of benzene rings is 1. The van der Waals surface area contributed by atoms with Gasteiger partial charge < -0.3 is 10.6 Å². The van der Waals surface area contributed by atoms with Gasteiger partial charge in [-0.3, -0.25) is 0 Å². The van der Waals surface area contributed by atoms with Crippen molar-refractivity contribution in [3.05, 3.63) is 29.8 Å². The number of nitrogens with zero attached hydrogens (tertiary/aromatic N) is 1. The topological polar surface area (TPSA) is 64.9 Å². The summed E-state index contributed by atoms with van der Waals surface area (Å²) >= 11 is 0. The molecule has 1 fully saturated rings. The van der Waals surface area contributed by atoms with E-state index in [9.17, 15) is 4.79 Å². The molecule has 0 heterocycles. The van der Waals surface area contributed by atoms with E-state index < -0.39 is 0 Å². The van der Waals surface area contributed by atoms with Crippen LogP contribution in [0, 0.1) is 11.3 Å². The summed E-state index contributed by atoms with van der Waals surface area (Å²) in [6, 6.07) is 9.07. The number of nitriles is 1. The summed E-state index contributed by atoms with van der Waals surface area (Å²) in [5.41, 5.74) is 1.04. The molecule has 4 nitrogen and oxygen atoms in total. The third-order valence-corrected chi connectivity index (χ3v) is 2.74. The second kappa shape index (κ2) is 4.67. The maximum absolute atomic E-state index is 11.6. The smallest absolute Gasteiger partial charge is 0.319 e. The Morgan fingerprint density at radius 3 is 2.75 bits per heavy atom. The van der Waals surface area contributed by atoms with E-state index >= 15 is 0 Å². The van der Waals surface area contributed by atoms with Crippen LogP contribution in [0.1, 0.15) is 24.8 Å². The molecule has 2 amide bonds. The largest absolute Gasteiger partial charge is 0.335 e. The summed E-state index contributed by atoms with van der Waals surface area (Å²) in [4.78, 5) is 11.6. The van der Waals surface area contributed by atoms with Crippen LogP contribution in [-0.4, -0.2) is 12.1 Å². The predicted molar refractivity (Wildman–Crippen MR) is 61.0 cm³/mol. The molecule has 0 unspecified atom stereocenters. The number of nitrogens with one attached hydrogen (secondary N) is 2. The molecule has 0 atom stereocenters. The highest BCUT2D eigenvalue weighted by Gasteiger charge is 2.19. The molecule has 16 heavy (non-hydrogen) atoms. The molecule has 1 aromatic carbocycles. The standard InChI is InChI=1S/C12H13N3O/c13-8-9-4-1-2-7-11(9)15-12(16)14-10-5-3-6-10/h1-2,4,7,10H,3,5-6H2,(H2,14,15,16). The summed E-state index contributed by atoms with van der Waals surface area (Å²) in [7, 11) is 0. The number of anilines is 1. The molecule has 1 aliphatic rings. The zero-order chi connectivity index (χ0) is 11.4. The minimum atomic E-state index is -0.229. The summed E-state index contributed by atoms with van der Waals surface area (Å²) in [6.45, 7) is 0. The number of rotatable bonds is 2. The van der Waals surface area contributed by atoms with Crippen LogP contribution in [0.15, 0.2) is 24.3 Å². The van der Waals surface area contributed by atoms with Crippen molar-refractivity contribution in [2.45, 2.75) is 25.3 Å². The second-order valence-electron chi connectivity index (χ2n) is 3.88. The number of amides is 2. The average molecular weight is 215 g/mol. The van der Waals surface area contributed by atoms with Crippen molar-refractivity contribution < 1.29 is 4.79 Å². The molecule has 2 N–H and O–H groups in total. The van der Waals surface area contributed by atoms with E-state index in [2.05, 4.69) is 10.6 Å². The third-order valence-electron chi connectivity index (χ3n) is 2.74. The molecule has 0 radical (unpaired) electrons. The van der Waals surface area contributed by atoms with Crippen molar-refractivity contribution in [2.24, 2.45) is 0 Å². The van der Waals surface area contributed by atoms with Crippen LogP contribution in [0.5, 0.6) is 0 Å². The van der Waals surface area contributed by atoms with Gasteiger partial charge >= 0.3 is 6.03 Å². The maximum Gasteiger partial charge on any atom is 0.319 e. The van der Waals surface area contributed by atoms with Gasteiger partial charge in [0.15, 0.2) is 0 Å². The van der Waals surface area contributed by atoms with Gasteiger partial charge in [-0.1, -0.05) is 12.1 Å². The van der Waals surface area contributed by atoms with Crippen molar-refractivity contribution in [3.8, 4) is 6.07 Å². The van der Waals surface area contributed by atoms with Crippen molar-refractivity contribution in [1.29, 1.82) is 5.26 Å². The normalized spacial score (nSPS) is 14.7. The number of para-hydroxylation sites is 1. The van der Waals surface area contributed by atoms with Crippen molar-refractivity contribution in [3.63, 3.8) is 0 Å². The Bertz CT molecular complexity index is 432. The number of hydrogen-bond acceptors (Lipinski definition) is 2. The third kappa shape index (κ3) is 2.31. The van der Waals surface area contributed by atoms with E-state index in [0.717, 1.165) is 12.8 Å². The first kappa shape index (κ1) is 10.5. The van der Waals surface area contributed by atoms with Gasteiger partial charge in [0.05, 0.1) is 11.3 Å². The van der Waals surface area contributed by atoms with Crippen molar-refractivity contribution >= 4 is 11.7 Å². The Kier molecular flexibility index (Phi) is 3.06. The van der Waals surface area contributed by atoms with Gasteiger partial charge in [-0.25, -0.2) is 4.79 Å². The molecule has 1 saturated carbocycles. The Morgan fingerprint density at radius 1 is 1.38 bits per heavy atom. The number of urea groups is 1. The summed E-state index contributed by atoms with van der Waals surface area (Å²) in [5, 5.41) is 14.4. The van der Waals surface area contributed by atoms with Gasteiger partial charge in [0.1, 0.15) is 6.07 Å². The Labute approximate surface area is 94.3 Å². The van der Waals surface area contributed by atoms with Crippen LogP contribution in [0.25, 0.3) is 0 Å². The molecule has 0 aromatic heterocycles. The zero-order valence-corrected chi connectivity index (χ0v) is 8.86. The Morgan fingerprint density at radius 2 is 2.12 bits per heavy atom. The molecule has 2 rings (SSSR count).